The van der Waals surface area contributed by atoms with Gasteiger partial charge in [-0.3, -0.25) is 0 Å². The average Bonchev–Trinajstić information content (AvgIpc) is 2.62. The van der Waals surface area contributed by atoms with Crippen molar-refractivity contribution in [2.75, 3.05) is 0 Å². The van der Waals surface area contributed by atoms with Crippen molar-refractivity contribution in [1.29, 1.82) is 0 Å². The molecule has 0 radical (unpaired) electrons. The van der Waals surface area contributed by atoms with Crippen molar-refractivity contribution in [1.82, 2.24) is 5.32 Å². The molecule has 0 aliphatic carbocycles. The van der Waals surface area contributed by atoms with Gasteiger partial charge in [0, 0.05) is 0 Å². The fourth-order valence-electron chi connectivity index (χ4n) is 1.29. The maximum Gasteiger partial charge on any atom is 0.408 e. The van der Waals surface area contributed by atoms with E-state index in [4.69, 9.17) is 14.9 Å². The number of ether oxygens (including phenoxy) is 1. The second kappa shape index (κ2) is 5.23. The van der Waals surface area contributed by atoms with Crippen molar-refractivity contribution in [2.24, 2.45) is 5.73 Å². The van der Waals surface area contributed by atoms with Crippen LogP contribution in [0.5, 0.6) is 0 Å². The topological polar surface area (TPSA) is 77.5 Å². The molecule has 96 valence electrons. The van der Waals surface area contributed by atoms with Gasteiger partial charge in [0.1, 0.15) is 17.1 Å². The molecule has 3 N–H and O–H groups in total. The van der Waals surface area contributed by atoms with E-state index in [2.05, 4.69) is 5.32 Å². The van der Waals surface area contributed by atoms with Crippen molar-refractivity contribution < 1.29 is 13.9 Å². The Morgan fingerprint density at radius 3 is 2.65 bits per heavy atom. The standard InChI is InChI=1S/C12H20N2O3/c1-8(10-6-5-9(7-13)16-10)14-11(15)17-12(2,3)4/h5-6,8H,7,13H2,1-4H3,(H,14,15). The summed E-state index contributed by atoms with van der Waals surface area (Å²) in [6.07, 6.45) is -0.462. The summed E-state index contributed by atoms with van der Waals surface area (Å²) in [5.74, 6) is 1.36. The van der Waals surface area contributed by atoms with Crippen molar-refractivity contribution in [2.45, 2.75) is 45.9 Å². The fraction of sp³-hybridized carbons (Fsp3) is 0.583. The Morgan fingerprint density at radius 2 is 2.18 bits per heavy atom. The number of amides is 1. The van der Waals surface area contributed by atoms with Crippen LogP contribution in [0.15, 0.2) is 16.5 Å². The Morgan fingerprint density at radius 1 is 1.53 bits per heavy atom. The number of rotatable bonds is 3. The van der Waals surface area contributed by atoms with Crippen LogP contribution in [0.1, 0.15) is 45.3 Å². The largest absolute Gasteiger partial charge is 0.463 e. The highest BCUT2D eigenvalue weighted by molar-refractivity contribution is 5.68. The van der Waals surface area contributed by atoms with E-state index in [1.807, 2.05) is 27.7 Å². The van der Waals surface area contributed by atoms with Crippen LogP contribution in [0.2, 0.25) is 0 Å². The van der Waals surface area contributed by atoms with E-state index in [-0.39, 0.29) is 6.04 Å². The number of hydrogen-bond donors (Lipinski definition) is 2. The van der Waals surface area contributed by atoms with Crippen molar-refractivity contribution >= 4 is 6.09 Å². The van der Waals surface area contributed by atoms with Crippen LogP contribution >= 0.6 is 0 Å². The number of nitrogens with one attached hydrogen (secondary N) is 1. The molecule has 0 bridgehead atoms. The lowest BCUT2D eigenvalue weighted by atomic mass is 10.2. The minimum Gasteiger partial charge on any atom is -0.463 e. The third kappa shape index (κ3) is 4.48. The van der Waals surface area contributed by atoms with E-state index in [1.54, 1.807) is 12.1 Å². The molecule has 1 amide bonds. The Balaban J connectivity index is 2.54. The Labute approximate surface area is 101 Å². The van der Waals surface area contributed by atoms with Crippen molar-refractivity contribution in [3.05, 3.63) is 23.7 Å². The van der Waals surface area contributed by atoms with Crippen LogP contribution in [-0.4, -0.2) is 11.7 Å². The summed E-state index contributed by atoms with van der Waals surface area (Å²) in [4.78, 5) is 11.5. The molecule has 5 nitrogen and oxygen atoms in total. The average molecular weight is 240 g/mol. The Bertz CT molecular complexity index is 379. The first-order chi connectivity index (χ1) is 7.81. The predicted octanol–water partition coefficient (Wildman–Crippen LogP) is 2.32. The third-order valence-electron chi connectivity index (χ3n) is 2.04. The lowest BCUT2D eigenvalue weighted by molar-refractivity contribution is 0.0502. The predicted molar refractivity (Wildman–Crippen MR) is 64.4 cm³/mol. The molecule has 17 heavy (non-hydrogen) atoms. The molecular formula is C12H20N2O3. The fourth-order valence-corrected chi connectivity index (χ4v) is 1.29. The first kappa shape index (κ1) is 13.6. The van der Waals surface area contributed by atoms with E-state index in [0.29, 0.717) is 18.1 Å². The second-order valence-corrected chi connectivity index (χ2v) is 4.88. The molecule has 0 aliphatic heterocycles. The molecule has 0 saturated heterocycles. The van der Waals surface area contributed by atoms with Gasteiger partial charge < -0.3 is 20.2 Å². The number of carbonyl (C=O) groups excluding carboxylic acids is 1. The molecule has 5 heteroatoms. The van der Waals surface area contributed by atoms with Gasteiger partial charge in [0.2, 0.25) is 0 Å². The van der Waals surface area contributed by atoms with Gasteiger partial charge in [0.25, 0.3) is 0 Å². The van der Waals surface area contributed by atoms with Gasteiger partial charge in [0.05, 0.1) is 12.6 Å². The molecular weight excluding hydrogens is 220 g/mol. The van der Waals surface area contributed by atoms with Crippen LogP contribution < -0.4 is 11.1 Å². The molecule has 1 aromatic heterocycles. The highest BCUT2D eigenvalue weighted by Gasteiger charge is 2.19. The summed E-state index contributed by atoms with van der Waals surface area (Å²) in [5, 5.41) is 2.69. The Hall–Kier alpha value is -1.49. The molecule has 0 aromatic carbocycles. The van der Waals surface area contributed by atoms with E-state index in [1.165, 1.54) is 0 Å². The molecule has 1 rings (SSSR count). The van der Waals surface area contributed by atoms with Gasteiger partial charge in [-0.25, -0.2) is 4.79 Å². The highest BCUT2D eigenvalue weighted by Crippen LogP contribution is 2.16. The summed E-state index contributed by atoms with van der Waals surface area (Å²) >= 11 is 0. The third-order valence-corrected chi connectivity index (χ3v) is 2.04. The summed E-state index contributed by atoms with van der Waals surface area (Å²) in [6.45, 7) is 7.62. The molecule has 1 unspecified atom stereocenters. The van der Waals surface area contributed by atoms with Crippen LogP contribution in [0.4, 0.5) is 4.79 Å². The van der Waals surface area contributed by atoms with Crippen LogP contribution in [0.25, 0.3) is 0 Å². The summed E-state index contributed by atoms with van der Waals surface area (Å²) < 4.78 is 10.6. The second-order valence-electron chi connectivity index (χ2n) is 4.88. The van der Waals surface area contributed by atoms with Gasteiger partial charge in [0.15, 0.2) is 0 Å². The zero-order valence-electron chi connectivity index (χ0n) is 10.7. The number of carbonyl (C=O) groups is 1. The van der Waals surface area contributed by atoms with E-state index >= 15 is 0 Å². The number of nitrogens with two attached hydrogens (primary N) is 1. The van der Waals surface area contributed by atoms with E-state index in [9.17, 15) is 4.79 Å². The van der Waals surface area contributed by atoms with E-state index < -0.39 is 11.7 Å². The monoisotopic (exact) mass is 240 g/mol. The molecule has 0 aliphatic rings. The molecule has 1 aromatic rings. The first-order valence-electron chi connectivity index (χ1n) is 5.60. The quantitative estimate of drug-likeness (QED) is 0.850. The number of furan rings is 1. The van der Waals surface area contributed by atoms with Gasteiger partial charge in [-0.2, -0.15) is 0 Å². The van der Waals surface area contributed by atoms with Gasteiger partial charge in [-0.1, -0.05) is 0 Å². The summed E-state index contributed by atoms with van der Waals surface area (Å²) in [6, 6.07) is 3.34. The molecule has 0 saturated carbocycles. The lowest BCUT2D eigenvalue weighted by Gasteiger charge is -2.21. The van der Waals surface area contributed by atoms with Crippen LogP contribution in [0, 0.1) is 0 Å². The molecule has 0 fully saturated rings. The maximum atomic E-state index is 11.5. The highest BCUT2D eigenvalue weighted by atomic mass is 16.6. The van der Waals surface area contributed by atoms with E-state index in [0.717, 1.165) is 0 Å². The zero-order valence-corrected chi connectivity index (χ0v) is 10.7. The summed E-state index contributed by atoms with van der Waals surface area (Å²) in [5.41, 5.74) is 4.94. The van der Waals surface area contributed by atoms with Crippen molar-refractivity contribution in [3.8, 4) is 0 Å². The minimum atomic E-state index is -0.505. The Kier molecular flexibility index (Phi) is 4.17. The zero-order chi connectivity index (χ0) is 13.1. The van der Waals surface area contributed by atoms with Gasteiger partial charge in [-0.15, -0.1) is 0 Å². The normalized spacial score (nSPS) is 13.2. The molecule has 1 atom stereocenters. The minimum absolute atomic E-state index is 0.245. The van der Waals surface area contributed by atoms with Crippen molar-refractivity contribution in [3.63, 3.8) is 0 Å². The van der Waals surface area contributed by atoms with Gasteiger partial charge >= 0.3 is 6.09 Å². The molecule has 1 heterocycles. The maximum absolute atomic E-state index is 11.5. The summed E-state index contributed by atoms with van der Waals surface area (Å²) in [7, 11) is 0. The number of hydrogen-bond acceptors (Lipinski definition) is 4. The first-order valence-corrected chi connectivity index (χ1v) is 5.60. The SMILES string of the molecule is CC(NC(=O)OC(C)(C)C)c1ccc(CN)o1. The van der Waals surface area contributed by atoms with Gasteiger partial charge in [-0.05, 0) is 39.8 Å². The van der Waals surface area contributed by atoms with Crippen LogP contribution in [0.3, 0.4) is 0 Å². The van der Waals surface area contributed by atoms with Crippen LogP contribution in [-0.2, 0) is 11.3 Å². The molecule has 0 spiro atoms. The smallest absolute Gasteiger partial charge is 0.408 e. The number of alkyl carbamates (subject to hydrolysis) is 1. The lowest BCUT2D eigenvalue weighted by Crippen LogP contribution is -2.33.